The Morgan fingerprint density at radius 1 is 1.28 bits per heavy atom. The first-order valence-corrected chi connectivity index (χ1v) is 8.88. The fraction of sp³-hybridized carbons (Fsp3) is 0.222. The van der Waals surface area contributed by atoms with Gasteiger partial charge in [-0.2, -0.15) is 5.10 Å². The number of para-hydroxylation sites is 2. The van der Waals surface area contributed by atoms with Crippen LogP contribution in [0, 0.1) is 0 Å². The second kappa shape index (κ2) is 6.98. The summed E-state index contributed by atoms with van der Waals surface area (Å²) in [6, 6.07) is 13.2. The van der Waals surface area contributed by atoms with Crippen LogP contribution in [-0.2, 0) is 4.79 Å². The van der Waals surface area contributed by atoms with Gasteiger partial charge in [0.1, 0.15) is 12.6 Å². The lowest BCUT2D eigenvalue weighted by Crippen LogP contribution is -2.45. The molecule has 0 spiro atoms. The molecule has 1 N–H and O–H groups in total. The number of thiophene rings is 1. The molecule has 0 saturated heterocycles. The van der Waals surface area contributed by atoms with Crippen LogP contribution in [0.5, 0.6) is 11.5 Å². The number of hydrogen-bond donors (Lipinski definition) is 1. The van der Waals surface area contributed by atoms with Gasteiger partial charge < -0.3 is 14.8 Å². The molecule has 2 atom stereocenters. The summed E-state index contributed by atoms with van der Waals surface area (Å²) in [7, 11) is 0. The van der Waals surface area contributed by atoms with E-state index in [1.165, 1.54) is 0 Å². The molecule has 1 amide bonds. The molecule has 4 rings (SSSR count). The van der Waals surface area contributed by atoms with E-state index in [-0.39, 0.29) is 18.6 Å². The van der Waals surface area contributed by atoms with Crippen molar-refractivity contribution in [2.75, 3.05) is 13.2 Å². The smallest absolute Gasteiger partial charge is 0.264 e. The van der Waals surface area contributed by atoms with Crippen LogP contribution in [0.3, 0.4) is 0 Å². The normalized spacial score (nSPS) is 17.0. The Bertz CT molecular complexity index is 799. The van der Waals surface area contributed by atoms with Crippen molar-refractivity contribution < 1.29 is 14.3 Å². The van der Waals surface area contributed by atoms with Crippen molar-refractivity contribution in [1.82, 2.24) is 15.1 Å². The molecule has 0 bridgehead atoms. The molecule has 2 aromatic heterocycles. The summed E-state index contributed by atoms with van der Waals surface area (Å²) in [6.45, 7) is 0.636. The lowest BCUT2D eigenvalue weighted by atomic mass is 10.2. The van der Waals surface area contributed by atoms with E-state index in [0.29, 0.717) is 18.0 Å². The fourth-order valence-electron chi connectivity index (χ4n) is 2.73. The van der Waals surface area contributed by atoms with Crippen molar-refractivity contribution >= 4 is 17.2 Å². The highest BCUT2D eigenvalue weighted by molar-refractivity contribution is 7.10. The maximum absolute atomic E-state index is 12.5. The van der Waals surface area contributed by atoms with Gasteiger partial charge in [-0.05, 0) is 29.6 Å². The zero-order chi connectivity index (χ0) is 17.1. The van der Waals surface area contributed by atoms with Crippen LogP contribution in [0.4, 0.5) is 0 Å². The number of hydrogen-bond acceptors (Lipinski definition) is 5. The molecule has 6 nitrogen and oxygen atoms in total. The molecule has 7 heteroatoms. The Hall–Kier alpha value is -2.80. The lowest BCUT2D eigenvalue weighted by molar-refractivity contribution is -0.130. The van der Waals surface area contributed by atoms with Gasteiger partial charge >= 0.3 is 0 Å². The lowest BCUT2D eigenvalue weighted by Gasteiger charge is -2.26. The predicted octanol–water partition coefficient (Wildman–Crippen LogP) is 2.49. The number of aromatic nitrogens is 2. The first kappa shape index (κ1) is 15.7. The highest BCUT2D eigenvalue weighted by Gasteiger charge is 2.28. The minimum atomic E-state index is -0.656. The molecule has 0 radical (unpaired) electrons. The molecular weight excluding hydrogens is 338 g/mol. The van der Waals surface area contributed by atoms with Gasteiger partial charge in [-0.3, -0.25) is 9.48 Å². The van der Waals surface area contributed by atoms with E-state index < -0.39 is 6.10 Å². The van der Waals surface area contributed by atoms with Crippen molar-refractivity contribution in [1.29, 1.82) is 0 Å². The third kappa shape index (κ3) is 3.36. The van der Waals surface area contributed by atoms with Crippen molar-refractivity contribution in [3.05, 3.63) is 65.1 Å². The molecular formula is C18H17N3O3S. The number of rotatable bonds is 5. The Morgan fingerprint density at radius 3 is 2.92 bits per heavy atom. The van der Waals surface area contributed by atoms with Crippen LogP contribution in [-0.4, -0.2) is 34.9 Å². The van der Waals surface area contributed by atoms with Gasteiger partial charge in [0.2, 0.25) is 6.10 Å². The van der Waals surface area contributed by atoms with E-state index in [4.69, 9.17) is 9.47 Å². The fourth-order valence-corrected chi connectivity index (χ4v) is 3.55. The summed E-state index contributed by atoms with van der Waals surface area (Å²) in [4.78, 5) is 13.6. The summed E-state index contributed by atoms with van der Waals surface area (Å²) in [5.74, 6) is 1.07. The van der Waals surface area contributed by atoms with Crippen LogP contribution >= 0.6 is 11.3 Å². The molecule has 3 aromatic rings. The van der Waals surface area contributed by atoms with E-state index in [1.807, 2.05) is 52.7 Å². The molecule has 3 heterocycles. The van der Waals surface area contributed by atoms with E-state index in [1.54, 1.807) is 23.6 Å². The Morgan fingerprint density at radius 2 is 2.16 bits per heavy atom. The Kier molecular flexibility index (Phi) is 4.39. The van der Waals surface area contributed by atoms with Crippen molar-refractivity contribution in [2.45, 2.75) is 12.1 Å². The van der Waals surface area contributed by atoms with E-state index >= 15 is 0 Å². The Balaban J connectivity index is 1.42. The van der Waals surface area contributed by atoms with Gasteiger partial charge in [0.05, 0.1) is 0 Å². The first-order chi connectivity index (χ1) is 12.3. The molecule has 1 aliphatic heterocycles. The van der Waals surface area contributed by atoms with Crippen molar-refractivity contribution in [3.8, 4) is 11.5 Å². The number of benzene rings is 1. The van der Waals surface area contributed by atoms with Crippen LogP contribution in [0.2, 0.25) is 0 Å². The van der Waals surface area contributed by atoms with Gasteiger partial charge in [0.15, 0.2) is 11.5 Å². The third-order valence-corrected chi connectivity index (χ3v) is 4.96. The maximum atomic E-state index is 12.5. The number of carbonyl (C=O) groups is 1. The standard InChI is InChI=1S/C18H17N3O3S/c22-18(16-12-23-14-5-1-2-6-15(14)24-16)19-11-13(17-7-3-10-25-17)21-9-4-8-20-21/h1-10,13,16H,11-12H2,(H,19,22)/t13-,16-/m0/s1. The third-order valence-electron chi connectivity index (χ3n) is 3.99. The minimum Gasteiger partial charge on any atom is -0.485 e. The summed E-state index contributed by atoms with van der Waals surface area (Å²) < 4.78 is 13.2. The van der Waals surface area contributed by atoms with Gasteiger partial charge in [-0.15, -0.1) is 11.3 Å². The van der Waals surface area contributed by atoms with Crippen molar-refractivity contribution in [3.63, 3.8) is 0 Å². The van der Waals surface area contributed by atoms with E-state index in [2.05, 4.69) is 10.4 Å². The Labute approximate surface area is 149 Å². The molecule has 25 heavy (non-hydrogen) atoms. The first-order valence-electron chi connectivity index (χ1n) is 8.00. The number of amides is 1. The summed E-state index contributed by atoms with van der Waals surface area (Å²) >= 11 is 1.64. The monoisotopic (exact) mass is 355 g/mol. The summed E-state index contributed by atoms with van der Waals surface area (Å²) in [5, 5.41) is 9.29. The number of ether oxygens (including phenoxy) is 2. The van der Waals surface area contributed by atoms with Crippen LogP contribution in [0.1, 0.15) is 10.9 Å². The molecule has 128 valence electrons. The quantitative estimate of drug-likeness (QED) is 0.764. The summed E-state index contributed by atoms with van der Waals surface area (Å²) in [5.41, 5.74) is 0. The molecule has 0 aliphatic carbocycles. The highest BCUT2D eigenvalue weighted by atomic mass is 32.1. The van der Waals surface area contributed by atoms with Gasteiger partial charge in [-0.25, -0.2) is 0 Å². The summed E-state index contributed by atoms with van der Waals surface area (Å²) in [6.07, 6.45) is 2.97. The SMILES string of the molecule is O=C(NC[C@@H](c1cccs1)n1cccn1)[C@@H]1COc2ccccc2O1. The predicted molar refractivity (Wildman–Crippen MR) is 94.0 cm³/mol. The number of nitrogens with zero attached hydrogens (tertiary/aromatic N) is 2. The van der Waals surface area contributed by atoms with Crippen LogP contribution in [0.25, 0.3) is 0 Å². The molecule has 1 aliphatic rings. The zero-order valence-corrected chi connectivity index (χ0v) is 14.2. The number of nitrogens with one attached hydrogen (secondary N) is 1. The maximum Gasteiger partial charge on any atom is 0.264 e. The minimum absolute atomic E-state index is 0.0456. The largest absolute Gasteiger partial charge is 0.485 e. The molecule has 0 saturated carbocycles. The average Bonchev–Trinajstić information content (AvgIpc) is 3.36. The average molecular weight is 355 g/mol. The van der Waals surface area contributed by atoms with E-state index in [9.17, 15) is 4.79 Å². The van der Waals surface area contributed by atoms with Crippen molar-refractivity contribution in [2.24, 2.45) is 0 Å². The topological polar surface area (TPSA) is 65.4 Å². The zero-order valence-electron chi connectivity index (χ0n) is 13.4. The molecule has 0 fully saturated rings. The molecule has 1 aromatic carbocycles. The van der Waals surface area contributed by atoms with Gasteiger partial charge in [0.25, 0.3) is 5.91 Å². The highest BCUT2D eigenvalue weighted by Crippen LogP contribution is 2.31. The van der Waals surface area contributed by atoms with Gasteiger partial charge in [-0.1, -0.05) is 18.2 Å². The molecule has 0 unspecified atom stereocenters. The van der Waals surface area contributed by atoms with Crippen LogP contribution < -0.4 is 14.8 Å². The van der Waals surface area contributed by atoms with Gasteiger partial charge in [0, 0.05) is 23.8 Å². The van der Waals surface area contributed by atoms with Crippen LogP contribution in [0.15, 0.2) is 60.2 Å². The van der Waals surface area contributed by atoms with E-state index in [0.717, 1.165) is 4.88 Å². The second-order valence-corrected chi connectivity index (χ2v) is 6.61. The second-order valence-electron chi connectivity index (χ2n) is 5.63. The number of carbonyl (C=O) groups excluding carboxylic acids is 1. The number of fused-ring (bicyclic) bond motifs is 1.